The summed E-state index contributed by atoms with van der Waals surface area (Å²) in [4.78, 5) is 0. The lowest BCUT2D eigenvalue weighted by molar-refractivity contribution is 0.411. The van der Waals surface area contributed by atoms with Gasteiger partial charge in [0.15, 0.2) is 0 Å². The second kappa shape index (κ2) is 4.80. The number of benzene rings is 1. The van der Waals surface area contributed by atoms with Gasteiger partial charge in [0, 0.05) is 10.5 Å². The first-order valence-electron chi connectivity index (χ1n) is 4.63. The molecule has 0 heterocycles. The van der Waals surface area contributed by atoms with E-state index >= 15 is 0 Å². The number of hydrogen-bond donors (Lipinski definition) is 1. The number of methoxy groups -OCH3 is 1. The Kier molecular flexibility index (Phi) is 3.96. The minimum Gasteiger partial charge on any atom is -0.496 e. The molecule has 0 aromatic heterocycles. The Hall–Kier alpha value is -0.540. The Balaban J connectivity index is 3.04. The summed E-state index contributed by atoms with van der Waals surface area (Å²) in [6.07, 6.45) is 0.858. The predicted octanol–water partition coefficient (Wildman–Crippen LogP) is 2.66. The van der Waals surface area contributed by atoms with Gasteiger partial charge in [-0.3, -0.25) is 0 Å². The lowest BCUT2D eigenvalue weighted by Crippen LogP contribution is -2.18. The van der Waals surface area contributed by atoms with E-state index in [1.54, 1.807) is 7.11 Å². The van der Waals surface area contributed by atoms with E-state index in [-0.39, 0.29) is 6.04 Å². The van der Waals surface area contributed by atoms with Crippen LogP contribution in [-0.4, -0.2) is 13.2 Å². The monoisotopic (exact) mass is 257 g/mol. The summed E-state index contributed by atoms with van der Waals surface area (Å²) in [6, 6.07) is 4.28. The highest BCUT2D eigenvalue weighted by Gasteiger charge is 2.07. The number of nitrogens with two attached hydrogens (primary N) is 1. The van der Waals surface area contributed by atoms with Crippen molar-refractivity contribution in [3.05, 3.63) is 27.7 Å². The molecule has 0 radical (unpaired) electrons. The van der Waals surface area contributed by atoms with E-state index < -0.39 is 0 Å². The topological polar surface area (TPSA) is 35.2 Å². The Bertz CT molecular complexity index is 323. The van der Waals surface area contributed by atoms with Gasteiger partial charge >= 0.3 is 0 Å². The van der Waals surface area contributed by atoms with Gasteiger partial charge in [-0.1, -0.05) is 15.9 Å². The van der Waals surface area contributed by atoms with E-state index in [4.69, 9.17) is 10.5 Å². The van der Waals surface area contributed by atoms with E-state index in [0.29, 0.717) is 0 Å². The van der Waals surface area contributed by atoms with E-state index in [1.165, 1.54) is 5.56 Å². The third kappa shape index (κ3) is 2.72. The fourth-order valence-corrected chi connectivity index (χ4v) is 2.04. The van der Waals surface area contributed by atoms with Gasteiger partial charge in [-0.15, -0.1) is 0 Å². The molecule has 0 aliphatic heterocycles. The maximum atomic E-state index is 5.76. The summed E-state index contributed by atoms with van der Waals surface area (Å²) >= 11 is 3.53. The first kappa shape index (κ1) is 11.5. The van der Waals surface area contributed by atoms with E-state index in [1.807, 2.05) is 19.9 Å². The summed E-state index contributed by atoms with van der Waals surface area (Å²) in [7, 11) is 1.69. The molecular formula is C11H16BrNO. The highest BCUT2D eigenvalue weighted by Crippen LogP contribution is 2.27. The van der Waals surface area contributed by atoms with Crippen LogP contribution in [0.4, 0.5) is 0 Å². The summed E-state index contributed by atoms with van der Waals surface area (Å²) in [6.45, 7) is 4.03. The van der Waals surface area contributed by atoms with Crippen molar-refractivity contribution in [2.45, 2.75) is 26.3 Å². The zero-order valence-corrected chi connectivity index (χ0v) is 10.4. The fourth-order valence-electron chi connectivity index (χ4n) is 1.42. The van der Waals surface area contributed by atoms with Crippen molar-refractivity contribution >= 4 is 15.9 Å². The Morgan fingerprint density at radius 1 is 1.50 bits per heavy atom. The van der Waals surface area contributed by atoms with Crippen molar-refractivity contribution in [1.82, 2.24) is 0 Å². The van der Waals surface area contributed by atoms with Crippen LogP contribution in [0, 0.1) is 6.92 Å². The largest absolute Gasteiger partial charge is 0.496 e. The normalized spacial score (nSPS) is 12.6. The molecule has 0 aliphatic rings. The molecule has 1 unspecified atom stereocenters. The van der Waals surface area contributed by atoms with Crippen molar-refractivity contribution in [2.75, 3.05) is 7.11 Å². The molecule has 0 bridgehead atoms. The van der Waals surface area contributed by atoms with Crippen molar-refractivity contribution in [1.29, 1.82) is 0 Å². The zero-order valence-electron chi connectivity index (χ0n) is 8.80. The number of rotatable bonds is 3. The third-order valence-corrected chi connectivity index (χ3v) is 2.84. The van der Waals surface area contributed by atoms with Gasteiger partial charge in [0.25, 0.3) is 0 Å². The lowest BCUT2D eigenvalue weighted by Gasteiger charge is -2.11. The zero-order chi connectivity index (χ0) is 10.7. The minimum absolute atomic E-state index is 0.165. The van der Waals surface area contributed by atoms with E-state index in [9.17, 15) is 0 Å². The predicted molar refractivity (Wildman–Crippen MR) is 62.8 cm³/mol. The highest BCUT2D eigenvalue weighted by atomic mass is 79.9. The second-order valence-corrected chi connectivity index (χ2v) is 4.45. The Labute approximate surface area is 93.6 Å². The van der Waals surface area contributed by atoms with Gasteiger partial charge < -0.3 is 10.5 Å². The second-order valence-electron chi connectivity index (χ2n) is 3.59. The molecular weight excluding hydrogens is 242 g/mol. The fraction of sp³-hybridized carbons (Fsp3) is 0.455. The van der Waals surface area contributed by atoms with Crippen LogP contribution in [0.5, 0.6) is 5.75 Å². The van der Waals surface area contributed by atoms with Crippen molar-refractivity contribution in [2.24, 2.45) is 5.73 Å². The molecule has 0 amide bonds. The number of ether oxygens (including phenoxy) is 1. The van der Waals surface area contributed by atoms with Crippen LogP contribution < -0.4 is 10.5 Å². The number of hydrogen-bond acceptors (Lipinski definition) is 2. The van der Waals surface area contributed by atoms with E-state index in [0.717, 1.165) is 22.2 Å². The average molecular weight is 258 g/mol. The smallest absolute Gasteiger partial charge is 0.122 e. The summed E-state index contributed by atoms with van der Waals surface area (Å²) in [5.74, 6) is 0.920. The Morgan fingerprint density at radius 3 is 2.64 bits per heavy atom. The van der Waals surface area contributed by atoms with Crippen molar-refractivity contribution < 1.29 is 4.74 Å². The lowest BCUT2D eigenvalue weighted by atomic mass is 10.1. The van der Waals surface area contributed by atoms with Crippen molar-refractivity contribution in [3.63, 3.8) is 0 Å². The van der Waals surface area contributed by atoms with Gasteiger partial charge in [0.05, 0.1) is 7.11 Å². The third-order valence-electron chi connectivity index (χ3n) is 2.11. The standard InChI is InChI=1S/C11H16BrNO/c1-7-4-10(12)9(5-8(2)13)6-11(7)14-3/h4,6,8H,5,13H2,1-3H3. The molecule has 2 nitrogen and oxygen atoms in total. The molecule has 2 N–H and O–H groups in total. The van der Waals surface area contributed by atoms with Crippen LogP contribution >= 0.6 is 15.9 Å². The highest BCUT2D eigenvalue weighted by molar-refractivity contribution is 9.10. The molecule has 0 fully saturated rings. The van der Waals surface area contributed by atoms with E-state index in [2.05, 4.69) is 22.0 Å². The summed E-state index contributed by atoms with van der Waals surface area (Å²) in [5, 5.41) is 0. The average Bonchev–Trinajstić information content (AvgIpc) is 2.09. The molecule has 78 valence electrons. The number of aryl methyl sites for hydroxylation is 1. The van der Waals surface area contributed by atoms with Crippen LogP contribution in [0.1, 0.15) is 18.1 Å². The molecule has 0 saturated carbocycles. The molecule has 0 spiro atoms. The van der Waals surface area contributed by atoms with Gasteiger partial charge in [-0.2, -0.15) is 0 Å². The van der Waals surface area contributed by atoms with Crippen molar-refractivity contribution in [3.8, 4) is 5.75 Å². The Morgan fingerprint density at radius 2 is 2.14 bits per heavy atom. The SMILES string of the molecule is COc1cc(CC(C)N)c(Br)cc1C. The molecule has 1 aromatic rings. The molecule has 0 saturated heterocycles. The summed E-state index contributed by atoms with van der Waals surface area (Å²) < 4.78 is 6.37. The van der Waals surface area contributed by atoms with Crippen LogP contribution in [0.15, 0.2) is 16.6 Å². The van der Waals surface area contributed by atoms with Gasteiger partial charge in [-0.25, -0.2) is 0 Å². The molecule has 1 atom stereocenters. The maximum absolute atomic E-state index is 5.76. The quantitative estimate of drug-likeness (QED) is 0.904. The number of halogens is 1. The molecule has 1 aromatic carbocycles. The maximum Gasteiger partial charge on any atom is 0.122 e. The van der Waals surface area contributed by atoms with Gasteiger partial charge in [-0.05, 0) is 43.5 Å². The molecule has 14 heavy (non-hydrogen) atoms. The van der Waals surface area contributed by atoms with Crippen LogP contribution in [0.25, 0.3) is 0 Å². The first-order valence-corrected chi connectivity index (χ1v) is 5.42. The summed E-state index contributed by atoms with van der Waals surface area (Å²) in [5.41, 5.74) is 8.09. The molecule has 1 rings (SSSR count). The van der Waals surface area contributed by atoms with Crippen LogP contribution in [0.3, 0.4) is 0 Å². The first-order chi connectivity index (χ1) is 6.54. The molecule has 3 heteroatoms. The molecule has 0 aliphatic carbocycles. The van der Waals surface area contributed by atoms with Crippen LogP contribution in [0.2, 0.25) is 0 Å². The van der Waals surface area contributed by atoms with Gasteiger partial charge in [0.1, 0.15) is 5.75 Å². The van der Waals surface area contributed by atoms with Gasteiger partial charge in [0.2, 0.25) is 0 Å². The van der Waals surface area contributed by atoms with Crippen LogP contribution in [-0.2, 0) is 6.42 Å². The minimum atomic E-state index is 0.165.